The molecule has 1 aromatic carbocycles. The molecule has 1 rings (SSSR count). The van der Waals surface area contributed by atoms with Gasteiger partial charge in [-0.3, -0.25) is 4.79 Å². The van der Waals surface area contributed by atoms with Gasteiger partial charge in [0, 0.05) is 16.5 Å². The summed E-state index contributed by atoms with van der Waals surface area (Å²) in [4.78, 5) is 11.7. The van der Waals surface area contributed by atoms with Crippen LogP contribution in [-0.4, -0.2) is 10.9 Å². The van der Waals surface area contributed by atoms with E-state index in [1.807, 2.05) is 0 Å². The number of allylic oxidation sites excluding steroid dienone is 1. The zero-order chi connectivity index (χ0) is 13.2. The fourth-order valence-corrected chi connectivity index (χ4v) is 2.34. The van der Waals surface area contributed by atoms with Gasteiger partial charge in [0.1, 0.15) is 10.2 Å². The summed E-state index contributed by atoms with van der Waals surface area (Å²) in [5.41, 5.74) is 0.372. The third kappa shape index (κ3) is 3.47. The van der Waals surface area contributed by atoms with Crippen molar-refractivity contribution >= 4 is 50.7 Å². The standard InChI is InChI=1S/C12H11BrCl2O2/c1-6(2)11(16)10(13)12(17)8-4-3-7(14)5-9(8)15/h3-6,17H,1-2H3. The largest absolute Gasteiger partial charge is 0.506 e. The van der Waals surface area contributed by atoms with E-state index in [1.165, 1.54) is 6.07 Å². The second-order valence-corrected chi connectivity index (χ2v) is 5.44. The molecule has 0 aliphatic carbocycles. The Balaban J connectivity index is 3.23. The number of carbonyl (C=O) groups excluding carboxylic acids is 1. The third-order valence-electron chi connectivity index (χ3n) is 2.13. The Labute approximate surface area is 118 Å². The van der Waals surface area contributed by atoms with Crippen LogP contribution < -0.4 is 0 Å². The van der Waals surface area contributed by atoms with Gasteiger partial charge in [-0.05, 0) is 34.1 Å². The monoisotopic (exact) mass is 336 g/mol. The number of Topliss-reactive ketones (excluding diaryl/α,β-unsaturated/α-hetero) is 1. The number of carbonyl (C=O) groups is 1. The first kappa shape index (κ1) is 14.6. The van der Waals surface area contributed by atoms with Crippen molar-refractivity contribution in [2.24, 2.45) is 5.92 Å². The summed E-state index contributed by atoms with van der Waals surface area (Å²) < 4.78 is 0.122. The van der Waals surface area contributed by atoms with Crippen LogP contribution in [0, 0.1) is 5.92 Å². The number of aliphatic hydroxyl groups excluding tert-OH is 1. The Morgan fingerprint density at radius 1 is 1.35 bits per heavy atom. The highest BCUT2D eigenvalue weighted by atomic mass is 79.9. The van der Waals surface area contributed by atoms with Gasteiger partial charge < -0.3 is 5.11 Å². The number of aliphatic hydroxyl groups is 1. The van der Waals surface area contributed by atoms with E-state index < -0.39 is 0 Å². The Morgan fingerprint density at radius 3 is 2.41 bits per heavy atom. The number of ketones is 1. The van der Waals surface area contributed by atoms with Gasteiger partial charge in [0.25, 0.3) is 0 Å². The predicted molar refractivity (Wildman–Crippen MR) is 74.8 cm³/mol. The third-order valence-corrected chi connectivity index (χ3v) is 3.45. The normalized spacial score (nSPS) is 12.6. The summed E-state index contributed by atoms with van der Waals surface area (Å²) in [7, 11) is 0. The summed E-state index contributed by atoms with van der Waals surface area (Å²) in [6.07, 6.45) is 0. The maximum Gasteiger partial charge on any atom is 0.176 e. The molecule has 1 N–H and O–H groups in total. The average Bonchev–Trinajstić information content (AvgIpc) is 2.26. The van der Waals surface area contributed by atoms with E-state index in [0.29, 0.717) is 15.6 Å². The zero-order valence-electron chi connectivity index (χ0n) is 9.30. The SMILES string of the molecule is CC(C)C(=O)C(Br)=C(O)c1ccc(Cl)cc1Cl. The van der Waals surface area contributed by atoms with Gasteiger partial charge in [0.15, 0.2) is 5.78 Å². The molecule has 0 amide bonds. The Kier molecular flexibility index (Phi) is 5.04. The van der Waals surface area contributed by atoms with E-state index in [2.05, 4.69) is 15.9 Å². The van der Waals surface area contributed by atoms with Gasteiger partial charge >= 0.3 is 0 Å². The summed E-state index contributed by atoms with van der Waals surface area (Å²) >= 11 is 14.8. The van der Waals surface area contributed by atoms with Crippen molar-refractivity contribution in [3.63, 3.8) is 0 Å². The van der Waals surface area contributed by atoms with Crippen molar-refractivity contribution in [3.05, 3.63) is 38.3 Å². The first-order chi connectivity index (χ1) is 7.84. The second-order valence-electron chi connectivity index (χ2n) is 3.81. The molecule has 0 heterocycles. The molecule has 1 aromatic rings. The summed E-state index contributed by atoms with van der Waals surface area (Å²) in [5, 5.41) is 10.7. The van der Waals surface area contributed by atoms with Crippen LogP contribution in [0.25, 0.3) is 5.76 Å². The minimum atomic E-state index is -0.211. The number of hydrogen-bond donors (Lipinski definition) is 1. The maximum atomic E-state index is 11.7. The molecule has 0 unspecified atom stereocenters. The maximum absolute atomic E-state index is 11.7. The van der Waals surface area contributed by atoms with Gasteiger partial charge in [-0.1, -0.05) is 37.0 Å². The fraction of sp³-hybridized carbons (Fsp3) is 0.250. The Bertz CT molecular complexity index is 481. The number of benzene rings is 1. The highest BCUT2D eigenvalue weighted by molar-refractivity contribution is 9.12. The number of halogens is 3. The Hall–Kier alpha value is -0.510. The molecule has 0 fully saturated rings. The highest BCUT2D eigenvalue weighted by Gasteiger charge is 2.18. The van der Waals surface area contributed by atoms with Crippen molar-refractivity contribution in [1.82, 2.24) is 0 Å². The van der Waals surface area contributed by atoms with Crippen LogP contribution in [-0.2, 0) is 4.79 Å². The van der Waals surface area contributed by atoms with Gasteiger partial charge in [-0.15, -0.1) is 0 Å². The molecule has 0 aliphatic heterocycles. The van der Waals surface area contributed by atoms with E-state index >= 15 is 0 Å². The molecule has 0 radical (unpaired) electrons. The zero-order valence-corrected chi connectivity index (χ0v) is 12.4. The minimum Gasteiger partial charge on any atom is -0.506 e. The van der Waals surface area contributed by atoms with Gasteiger partial charge in [-0.25, -0.2) is 0 Å². The van der Waals surface area contributed by atoms with Crippen LogP contribution in [0.4, 0.5) is 0 Å². The smallest absolute Gasteiger partial charge is 0.176 e. The van der Waals surface area contributed by atoms with Crippen molar-refractivity contribution in [3.8, 4) is 0 Å². The lowest BCUT2D eigenvalue weighted by atomic mass is 10.1. The average molecular weight is 338 g/mol. The first-order valence-electron chi connectivity index (χ1n) is 4.93. The second kappa shape index (κ2) is 5.89. The van der Waals surface area contributed by atoms with Crippen LogP contribution in [0.3, 0.4) is 0 Å². The van der Waals surface area contributed by atoms with E-state index in [9.17, 15) is 9.90 Å². The van der Waals surface area contributed by atoms with E-state index in [1.54, 1.807) is 26.0 Å². The number of rotatable bonds is 3. The fourth-order valence-electron chi connectivity index (χ4n) is 1.17. The lowest BCUT2D eigenvalue weighted by molar-refractivity contribution is -0.117. The van der Waals surface area contributed by atoms with Gasteiger partial charge in [0.2, 0.25) is 0 Å². The molecule has 0 spiro atoms. The molecular formula is C12H11BrCl2O2. The highest BCUT2D eigenvalue weighted by Crippen LogP contribution is 2.30. The predicted octanol–water partition coefficient (Wildman–Crippen LogP) is 4.84. The molecule has 17 heavy (non-hydrogen) atoms. The van der Waals surface area contributed by atoms with E-state index in [-0.39, 0.29) is 21.9 Å². The molecule has 92 valence electrons. The lowest BCUT2D eigenvalue weighted by Gasteiger charge is -2.08. The molecule has 0 saturated carbocycles. The molecule has 0 aliphatic rings. The van der Waals surface area contributed by atoms with Crippen molar-refractivity contribution in [2.45, 2.75) is 13.8 Å². The van der Waals surface area contributed by atoms with Crippen molar-refractivity contribution < 1.29 is 9.90 Å². The van der Waals surface area contributed by atoms with Crippen LogP contribution in [0.5, 0.6) is 0 Å². The van der Waals surface area contributed by atoms with Crippen molar-refractivity contribution in [1.29, 1.82) is 0 Å². The number of hydrogen-bond acceptors (Lipinski definition) is 2. The van der Waals surface area contributed by atoms with Crippen LogP contribution in [0.15, 0.2) is 22.7 Å². The molecule has 0 bridgehead atoms. The molecule has 0 saturated heterocycles. The topological polar surface area (TPSA) is 37.3 Å². The summed E-state index contributed by atoms with van der Waals surface area (Å²) in [5.74, 6) is -0.573. The summed E-state index contributed by atoms with van der Waals surface area (Å²) in [6, 6.07) is 4.67. The van der Waals surface area contributed by atoms with Crippen LogP contribution >= 0.6 is 39.1 Å². The Morgan fingerprint density at radius 2 is 1.94 bits per heavy atom. The summed E-state index contributed by atoms with van der Waals surface area (Å²) in [6.45, 7) is 3.50. The first-order valence-corrected chi connectivity index (χ1v) is 6.48. The molecule has 0 aromatic heterocycles. The van der Waals surface area contributed by atoms with Gasteiger partial charge in [0.05, 0.1) is 5.02 Å². The van der Waals surface area contributed by atoms with E-state index in [0.717, 1.165) is 0 Å². The van der Waals surface area contributed by atoms with Crippen molar-refractivity contribution in [2.75, 3.05) is 0 Å². The van der Waals surface area contributed by atoms with E-state index in [4.69, 9.17) is 23.2 Å². The van der Waals surface area contributed by atoms with Crippen LogP contribution in [0.2, 0.25) is 10.0 Å². The molecule has 2 nitrogen and oxygen atoms in total. The quantitative estimate of drug-likeness (QED) is 0.633. The molecular weight excluding hydrogens is 327 g/mol. The molecule has 5 heteroatoms. The lowest BCUT2D eigenvalue weighted by Crippen LogP contribution is -2.08. The molecule has 0 atom stereocenters. The van der Waals surface area contributed by atoms with Gasteiger partial charge in [-0.2, -0.15) is 0 Å². The minimum absolute atomic E-state index is 0.122. The van der Waals surface area contributed by atoms with Crippen LogP contribution in [0.1, 0.15) is 19.4 Å².